The monoisotopic (exact) mass is 145 g/mol. The summed E-state index contributed by atoms with van der Waals surface area (Å²) in [7, 11) is 0. The molecule has 0 bridgehead atoms. The Morgan fingerprint density at radius 1 is 1.60 bits per heavy atom. The molecule has 0 radical (unpaired) electrons. The van der Waals surface area contributed by atoms with Crippen molar-refractivity contribution in [3.8, 4) is 0 Å². The van der Waals surface area contributed by atoms with E-state index in [-0.39, 0.29) is 6.04 Å². The van der Waals surface area contributed by atoms with Crippen LogP contribution >= 0.6 is 0 Å². The van der Waals surface area contributed by atoms with Crippen molar-refractivity contribution in [3.63, 3.8) is 0 Å². The fourth-order valence-electron chi connectivity index (χ4n) is 0.901. The van der Waals surface area contributed by atoms with Gasteiger partial charge in [-0.05, 0) is 12.8 Å². The molecule has 0 saturated heterocycles. The Kier molecular flexibility index (Phi) is 4.72. The lowest BCUT2D eigenvalue weighted by Crippen LogP contribution is -2.32. The van der Waals surface area contributed by atoms with Gasteiger partial charge in [-0.25, -0.2) is 4.79 Å². The van der Waals surface area contributed by atoms with Crippen molar-refractivity contribution in [2.75, 3.05) is 0 Å². The average Bonchev–Trinajstić information content (AvgIpc) is 1.86. The highest BCUT2D eigenvalue weighted by Crippen LogP contribution is 1.99. The quantitative estimate of drug-likeness (QED) is 0.634. The Balaban J connectivity index is 3.49. The zero-order chi connectivity index (χ0) is 7.98. The van der Waals surface area contributed by atoms with Crippen LogP contribution in [-0.4, -0.2) is 17.2 Å². The van der Waals surface area contributed by atoms with Crippen LogP contribution in [0.3, 0.4) is 0 Å². The molecule has 0 aliphatic heterocycles. The first-order valence-corrected chi connectivity index (χ1v) is 3.70. The Morgan fingerprint density at radius 3 is 2.50 bits per heavy atom. The van der Waals surface area contributed by atoms with E-state index in [1.54, 1.807) is 0 Å². The van der Waals surface area contributed by atoms with E-state index in [2.05, 4.69) is 5.32 Å². The van der Waals surface area contributed by atoms with Crippen LogP contribution in [0.25, 0.3) is 0 Å². The number of hydrogen-bond donors (Lipinski definition) is 2. The molecule has 0 heterocycles. The van der Waals surface area contributed by atoms with E-state index in [0.29, 0.717) is 0 Å². The lowest BCUT2D eigenvalue weighted by atomic mass is 10.1. The van der Waals surface area contributed by atoms with E-state index < -0.39 is 6.09 Å². The second-order valence-corrected chi connectivity index (χ2v) is 2.34. The molecule has 3 heteroatoms. The van der Waals surface area contributed by atoms with Gasteiger partial charge < -0.3 is 10.4 Å². The molecule has 0 saturated carbocycles. The second kappa shape index (κ2) is 5.09. The number of amides is 1. The highest BCUT2D eigenvalue weighted by atomic mass is 16.4. The van der Waals surface area contributed by atoms with Crippen LogP contribution in [0.4, 0.5) is 4.79 Å². The third kappa shape index (κ3) is 4.18. The Hall–Kier alpha value is -0.730. The highest BCUT2D eigenvalue weighted by molar-refractivity contribution is 5.64. The van der Waals surface area contributed by atoms with Crippen molar-refractivity contribution in [2.24, 2.45) is 0 Å². The summed E-state index contributed by atoms with van der Waals surface area (Å²) in [6, 6.07) is 0.141. The van der Waals surface area contributed by atoms with Gasteiger partial charge in [0, 0.05) is 6.04 Å². The molecule has 1 amide bonds. The summed E-state index contributed by atoms with van der Waals surface area (Å²) in [6.07, 6.45) is 1.92. The van der Waals surface area contributed by atoms with Gasteiger partial charge in [-0.15, -0.1) is 0 Å². The molecule has 0 aliphatic rings. The smallest absolute Gasteiger partial charge is 0.404 e. The Labute approximate surface area is 61.4 Å². The minimum Gasteiger partial charge on any atom is -0.465 e. The number of nitrogens with one attached hydrogen (secondary N) is 1. The third-order valence-corrected chi connectivity index (χ3v) is 1.46. The summed E-state index contributed by atoms with van der Waals surface area (Å²) in [5, 5.41) is 10.8. The molecule has 3 nitrogen and oxygen atoms in total. The molecule has 2 N–H and O–H groups in total. The Bertz CT molecular complexity index is 104. The Morgan fingerprint density at radius 2 is 2.20 bits per heavy atom. The highest BCUT2D eigenvalue weighted by Gasteiger charge is 2.05. The summed E-state index contributed by atoms with van der Waals surface area (Å²) in [5.74, 6) is 0. The fourth-order valence-corrected chi connectivity index (χ4v) is 0.901. The van der Waals surface area contributed by atoms with E-state index >= 15 is 0 Å². The molecule has 1 atom stereocenters. The first-order chi connectivity index (χ1) is 4.70. The largest absolute Gasteiger partial charge is 0.465 e. The fraction of sp³-hybridized carbons (Fsp3) is 0.857. The van der Waals surface area contributed by atoms with Gasteiger partial charge in [0.05, 0.1) is 0 Å². The summed E-state index contributed by atoms with van der Waals surface area (Å²) < 4.78 is 0. The van der Waals surface area contributed by atoms with Crippen molar-refractivity contribution < 1.29 is 9.90 Å². The molecule has 60 valence electrons. The lowest BCUT2D eigenvalue weighted by molar-refractivity contribution is 0.188. The molecule has 0 rings (SSSR count). The first-order valence-electron chi connectivity index (χ1n) is 3.70. The summed E-state index contributed by atoms with van der Waals surface area (Å²) >= 11 is 0. The van der Waals surface area contributed by atoms with E-state index in [0.717, 1.165) is 19.3 Å². The van der Waals surface area contributed by atoms with Gasteiger partial charge in [-0.3, -0.25) is 0 Å². The maximum absolute atomic E-state index is 10.1. The van der Waals surface area contributed by atoms with E-state index in [4.69, 9.17) is 5.11 Å². The molecule has 0 aromatic carbocycles. The van der Waals surface area contributed by atoms with Gasteiger partial charge in [-0.1, -0.05) is 20.3 Å². The molecule has 0 aromatic rings. The van der Waals surface area contributed by atoms with Crippen molar-refractivity contribution in [2.45, 2.75) is 39.2 Å². The molecule has 10 heavy (non-hydrogen) atoms. The van der Waals surface area contributed by atoms with Gasteiger partial charge in [0.2, 0.25) is 0 Å². The molecular formula is C7H15NO2. The minimum atomic E-state index is -0.916. The predicted octanol–water partition coefficient (Wildman–Crippen LogP) is 1.83. The third-order valence-electron chi connectivity index (χ3n) is 1.46. The maximum Gasteiger partial charge on any atom is 0.404 e. The van der Waals surface area contributed by atoms with Gasteiger partial charge in [0.1, 0.15) is 0 Å². The van der Waals surface area contributed by atoms with Crippen LogP contribution in [0.2, 0.25) is 0 Å². The lowest BCUT2D eigenvalue weighted by Gasteiger charge is -2.12. The van der Waals surface area contributed by atoms with E-state index in [1.165, 1.54) is 0 Å². The van der Waals surface area contributed by atoms with Crippen LogP contribution in [0, 0.1) is 0 Å². The topological polar surface area (TPSA) is 49.3 Å². The summed E-state index contributed by atoms with van der Waals surface area (Å²) in [5.41, 5.74) is 0. The predicted molar refractivity (Wildman–Crippen MR) is 40.1 cm³/mol. The SMILES string of the molecule is CCCC(CC)NC(=O)O. The second-order valence-electron chi connectivity index (χ2n) is 2.34. The van der Waals surface area contributed by atoms with Crippen molar-refractivity contribution in [1.82, 2.24) is 5.32 Å². The van der Waals surface area contributed by atoms with Gasteiger partial charge in [0.15, 0.2) is 0 Å². The number of carboxylic acid groups (broad SMARTS) is 1. The van der Waals surface area contributed by atoms with Crippen molar-refractivity contribution >= 4 is 6.09 Å². The van der Waals surface area contributed by atoms with Crippen LogP contribution in [0.5, 0.6) is 0 Å². The van der Waals surface area contributed by atoms with Crippen molar-refractivity contribution in [3.05, 3.63) is 0 Å². The molecule has 0 aliphatic carbocycles. The van der Waals surface area contributed by atoms with Crippen LogP contribution in [0.1, 0.15) is 33.1 Å². The normalized spacial score (nSPS) is 12.6. The maximum atomic E-state index is 10.1. The molecular weight excluding hydrogens is 130 g/mol. The van der Waals surface area contributed by atoms with Crippen LogP contribution in [-0.2, 0) is 0 Å². The molecule has 0 aromatic heterocycles. The average molecular weight is 145 g/mol. The van der Waals surface area contributed by atoms with E-state index in [9.17, 15) is 4.79 Å². The zero-order valence-corrected chi connectivity index (χ0v) is 6.55. The number of carbonyl (C=O) groups is 1. The number of hydrogen-bond acceptors (Lipinski definition) is 1. The van der Waals surface area contributed by atoms with Gasteiger partial charge in [-0.2, -0.15) is 0 Å². The molecule has 0 spiro atoms. The van der Waals surface area contributed by atoms with Crippen LogP contribution < -0.4 is 5.32 Å². The molecule has 0 fully saturated rings. The summed E-state index contributed by atoms with van der Waals surface area (Å²) in [6.45, 7) is 4.03. The van der Waals surface area contributed by atoms with E-state index in [1.807, 2.05) is 13.8 Å². The van der Waals surface area contributed by atoms with Gasteiger partial charge >= 0.3 is 6.09 Å². The molecule has 1 unspecified atom stereocenters. The van der Waals surface area contributed by atoms with Crippen LogP contribution in [0.15, 0.2) is 0 Å². The zero-order valence-electron chi connectivity index (χ0n) is 6.55. The van der Waals surface area contributed by atoms with Crippen molar-refractivity contribution in [1.29, 1.82) is 0 Å². The summed E-state index contributed by atoms with van der Waals surface area (Å²) in [4.78, 5) is 10.1. The number of rotatable bonds is 4. The minimum absolute atomic E-state index is 0.141. The van der Waals surface area contributed by atoms with Gasteiger partial charge in [0.25, 0.3) is 0 Å². The first kappa shape index (κ1) is 9.27. The standard InChI is InChI=1S/C7H15NO2/c1-3-5-6(4-2)8-7(9)10/h6,8H,3-5H2,1-2H3,(H,9,10).